The molecule has 0 aliphatic carbocycles. The van der Waals surface area contributed by atoms with E-state index in [4.69, 9.17) is 9.47 Å². The van der Waals surface area contributed by atoms with E-state index in [9.17, 15) is 9.59 Å². The van der Waals surface area contributed by atoms with Crippen LogP contribution in [0.4, 0.5) is 0 Å². The van der Waals surface area contributed by atoms with Crippen molar-refractivity contribution in [1.29, 1.82) is 0 Å². The van der Waals surface area contributed by atoms with Gasteiger partial charge in [0.1, 0.15) is 11.5 Å². The second-order valence-electron chi connectivity index (χ2n) is 5.21. The molecule has 0 atom stereocenters. The van der Waals surface area contributed by atoms with Gasteiger partial charge in [-0.05, 0) is 62.4 Å². The summed E-state index contributed by atoms with van der Waals surface area (Å²) in [7, 11) is 0. The number of benzene rings is 2. The molecule has 0 saturated carbocycles. The fraction of sp³-hybridized carbons (Fsp3) is 0.263. The molecular formula is C19H20O4. The van der Waals surface area contributed by atoms with Crippen molar-refractivity contribution in [3.8, 4) is 11.5 Å². The number of hydrogen-bond acceptors (Lipinski definition) is 4. The van der Waals surface area contributed by atoms with Gasteiger partial charge in [-0.3, -0.25) is 9.59 Å². The van der Waals surface area contributed by atoms with Gasteiger partial charge in [0.05, 0.1) is 13.2 Å². The van der Waals surface area contributed by atoms with Crippen LogP contribution in [0, 0.1) is 0 Å². The lowest BCUT2D eigenvalue weighted by atomic mass is 10.1. The second-order valence-corrected chi connectivity index (χ2v) is 5.21. The highest BCUT2D eigenvalue weighted by molar-refractivity contribution is 5.94. The van der Waals surface area contributed by atoms with Gasteiger partial charge in [0.15, 0.2) is 11.6 Å². The van der Waals surface area contributed by atoms with E-state index in [0.717, 1.165) is 17.9 Å². The van der Waals surface area contributed by atoms with Gasteiger partial charge in [0, 0.05) is 17.5 Å². The van der Waals surface area contributed by atoms with Crippen LogP contribution in [0.15, 0.2) is 48.5 Å². The van der Waals surface area contributed by atoms with E-state index in [2.05, 4.69) is 0 Å². The average Bonchev–Trinajstić information content (AvgIpc) is 2.55. The van der Waals surface area contributed by atoms with Gasteiger partial charge < -0.3 is 9.47 Å². The fourth-order valence-electron chi connectivity index (χ4n) is 2.01. The van der Waals surface area contributed by atoms with Crippen LogP contribution in [0.2, 0.25) is 0 Å². The molecule has 0 unspecified atom stereocenters. The first kappa shape index (κ1) is 16.7. The maximum Gasteiger partial charge on any atom is 0.159 e. The maximum absolute atomic E-state index is 11.2. The molecule has 0 saturated heterocycles. The van der Waals surface area contributed by atoms with E-state index in [1.807, 2.05) is 0 Å². The zero-order valence-corrected chi connectivity index (χ0v) is 13.4. The van der Waals surface area contributed by atoms with Crippen LogP contribution in [0.25, 0.3) is 0 Å². The van der Waals surface area contributed by atoms with Crippen molar-refractivity contribution >= 4 is 11.6 Å². The Bertz CT molecular complexity index is 597. The summed E-state index contributed by atoms with van der Waals surface area (Å²) < 4.78 is 11.2. The third-order valence-corrected chi connectivity index (χ3v) is 3.35. The molecule has 120 valence electrons. The average molecular weight is 312 g/mol. The molecule has 0 spiro atoms. The molecule has 0 heterocycles. The Morgan fingerprint density at radius 3 is 1.35 bits per heavy atom. The van der Waals surface area contributed by atoms with Crippen LogP contribution < -0.4 is 9.47 Å². The lowest BCUT2D eigenvalue weighted by molar-refractivity contribution is 0.100. The van der Waals surface area contributed by atoms with Crippen molar-refractivity contribution in [2.75, 3.05) is 13.2 Å². The summed E-state index contributed by atoms with van der Waals surface area (Å²) in [5, 5.41) is 0. The molecule has 2 rings (SSSR count). The van der Waals surface area contributed by atoms with Gasteiger partial charge in [0.2, 0.25) is 0 Å². The number of rotatable bonds is 8. The van der Waals surface area contributed by atoms with Crippen molar-refractivity contribution < 1.29 is 19.1 Å². The van der Waals surface area contributed by atoms with Gasteiger partial charge in [-0.25, -0.2) is 0 Å². The Balaban J connectivity index is 1.69. The number of ether oxygens (including phenoxy) is 2. The predicted octanol–water partition coefficient (Wildman–Crippen LogP) is 3.94. The van der Waals surface area contributed by atoms with Crippen LogP contribution in [-0.2, 0) is 0 Å². The Kier molecular flexibility index (Phi) is 5.92. The fourth-order valence-corrected chi connectivity index (χ4v) is 2.01. The minimum Gasteiger partial charge on any atom is -0.493 e. The summed E-state index contributed by atoms with van der Waals surface area (Å²) in [5.74, 6) is 1.56. The minimum absolute atomic E-state index is 0.0424. The lowest BCUT2D eigenvalue weighted by Gasteiger charge is -2.08. The summed E-state index contributed by atoms with van der Waals surface area (Å²) in [5.41, 5.74) is 1.35. The molecule has 2 aromatic carbocycles. The number of hydrogen-bond donors (Lipinski definition) is 0. The van der Waals surface area contributed by atoms with Crippen molar-refractivity contribution in [3.05, 3.63) is 59.7 Å². The Labute approximate surface area is 136 Å². The first-order valence-corrected chi connectivity index (χ1v) is 7.54. The molecular weight excluding hydrogens is 292 g/mol. The summed E-state index contributed by atoms with van der Waals surface area (Å²) in [6, 6.07) is 14.2. The molecule has 0 aliphatic heterocycles. The third kappa shape index (κ3) is 5.25. The topological polar surface area (TPSA) is 52.6 Å². The molecule has 0 N–H and O–H groups in total. The molecule has 0 fully saturated rings. The molecule has 23 heavy (non-hydrogen) atoms. The van der Waals surface area contributed by atoms with Crippen LogP contribution in [0.5, 0.6) is 11.5 Å². The van der Waals surface area contributed by atoms with Gasteiger partial charge in [0.25, 0.3) is 0 Å². The van der Waals surface area contributed by atoms with E-state index < -0.39 is 0 Å². The monoisotopic (exact) mass is 312 g/mol. The van der Waals surface area contributed by atoms with Gasteiger partial charge in [-0.15, -0.1) is 0 Å². The first-order valence-electron chi connectivity index (χ1n) is 7.54. The summed E-state index contributed by atoms with van der Waals surface area (Å²) in [6.45, 7) is 4.14. The highest BCUT2D eigenvalue weighted by atomic mass is 16.5. The maximum atomic E-state index is 11.2. The zero-order chi connectivity index (χ0) is 16.7. The lowest BCUT2D eigenvalue weighted by Crippen LogP contribution is -2.05. The summed E-state index contributed by atoms with van der Waals surface area (Å²) in [4.78, 5) is 22.3. The van der Waals surface area contributed by atoms with Crippen molar-refractivity contribution in [3.63, 3.8) is 0 Å². The normalized spacial score (nSPS) is 10.2. The number of Topliss-reactive ketones (excluding diaryl/α,β-unsaturated/α-hetero) is 2. The molecule has 4 nitrogen and oxygen atoms in total. The molecule has 2 aromatic rings. The van der Waals surface area contributed by atoms with E-state index >= 15 is 0 Å². The first-order chi connectivity index (χ1) is 11.1. The molecule has 0 amide bonds. The van der Waals surface area contributed by atoms with Gasteiger partial charge >= 0.3 is 0 Å². The van der Waals surface area contributed by atoms with Gasteiger partial charge in [-0.1, -0.05) is 0 Å². The third-order valence-electron chi connectivity index (χ3n) is 3.35. The zero-order valence-electron chi connectivity index (χ0n) is 13.4. The standard InChI is InChI=1S/C19H20O4/c1-14(20)16-4-8-18(9-5-16)22-12-3-13-23-19-10-6-17(7-11-19)15(2)21/h4-11H,3,12-13H2,1-2H3. The van der Waals surface area contributed by atoms with Crippen LogP contribution in [0.1, 0.15) is 41.0 Å². The predicted molar refractivity (Wildman–Crippen MR) is 88.5 cm³/mol. The SMILES string of the molecule is CC(=O)c1ccc(OCCCOc2ccc(C(C)=O)cc2)cc1. The Morgan fingerprint density at radius 1 is 0.696 bits per heavy atom. The summed E-state index contributed by atoms with van der Waals surface area (Å²) >= 11 is 0. The number of ketones is 2. The van der Waals surface area contributed by atoms with Gasteiger partial charge in [-0.2, -0.15) is 0 Å². The quantitative estimate of drug-likeness (QED) is 0.547. The van der Waals surface area contributed by atoms with E-state index in [0.29, 0.717) is 24.3 Å². The molecule has 0 radical (unpaired) electrons. The van der Waals surface area contributed by atoms with Crippen molar-refractivity contribution in [2.45, 2.75) is 20.3 Å². The van der Waals surface area contributed by atoms with Crippen LogP contribution >= 0.6 is 0 Å². The largest absolute Gasteiger partial charge is 0.493 e. The Hall–Kier alpha value is -2.62. The highest BCUT2D eigenvalue weighted by Crippen LogP contribution is 2.14. The molecule has 0 aliphatic rings. The summed E-state index contributed by atoms with van der Waals surface area (Å²) in [6.07, 6.45) is 0.739. The second kappa shape index (κ2) is 8.13. The molecule has 0 aromatic heterocycles. The Morgan fingerprint density at radius 2 is 1.04 bits per heavy atom. The van der Waals surface area contributed by atoms with Crippen molar-refractivity contribution in [2.24, 2.45) is 0 Å². The van der Waals surface area contributed by atoms with Crippen molar-refractivity contribution in [1.82, 2.24) is 0 Å². The highest BCUT2D eigenvalue weighted by Gasteiger charge is 2.01. The minimum atomic E-state index is 0.0424. The smallest absolute Gasteiger partial charge is 0.159 e. The molecule has 0 bridgehead atoms. The van der Waals surface area contributed by atoms with E-state index in [1.165, 1.54) is 13.8 Å². The van der Waals surface area contributed by atoms with E-state index in [1.54, 1.807) is 48.5 Å². The molecule has 4 heteroatoms. The number of carbonyl (C=O) groups is 2. The van der Waals surface area contributed by atoms with Crippen LogP contribution in [0.3, 0.4) is 0 Å². The van der Waals surface area contributed by atoms with E-state index in [-0.39, 0.29) is 11.6 Å². The number of carbonyl (C=O) groups excluding carboxylic acids is 2. The van der Waals surface area contributed by atoms with Crippen LogP contribution in [-0.4, -0.2) is 24.8 Å².